The summed E-state index contributed by atoms with van der Waals surface area (Å²) in [6, 6.07) is 12.7. The Bertz CT molecular complexity index is 1000. The molecule has 1 aliphatic rings. The monoisotopic (exact) mass is 387 g/mol. The molecule has 7 nitrogen and oxygen atoms in total. The number of benzene rings is 2. The molecule has 0 fully saturated rings. The lowest BCUT2D eigenvalue weighted by Gasteiger charge is -2.29. The maximum absolute atomic E-state index is 13.0. The molecule has 0 unspecified atom stereocenters. The summed E-state index contributed by atoms with van der Waals surface area (Å²) in [6.45, 7) is 3.42. The fourth-order valence-corrected chi connectivity index (χ4v) is 4.22. The average molecular weight is 387 g/mol. The molecule has 0 saturated heterocycles. The Morgan fingerprint density at radius 3 is 2.56 bits per heavy atom. The SMILES string of the molecule is CC(C)N(C)S(=O)(=O)c1cccc(C(=O)N2CC(=O)Nc3ccccc32)c1. The molecule has 27 heavy (non-hydrogen) atoms. The van der Waals surface area contributed by atoms with Crippen LogP contribution >= 0.6 is 0 Å². The molecule has 0 radical (unpaired) electrons. The highest BCUT2D eigenvalue weighted by Gasteiger charge is 2.29. The maximum Gasteiger partial charge on any atom is 0.258 e. The zero-order chi connectivity index (χ0) is 19.8. The van der Waals surface area contributed by atoms with Crippen LogP contribution in [0.15, 0.2) is 53.4 Å². The molecule has 0 bridgehead atoms. The molecule has 0 spiro atoms. The van der Waals surface area contributed by atoms with Crippen molar-refractivity contribution in [3.63, 3.8) is 0 Å². The number of hydrogen-bond donors (Lipinski definition) is 1. The van der Waals surface area contributed by atoms with Crippen molar-refractivity contribution in [3.8, 4) is 0 Å². The summed E-state index contributed by atoms with van der Waals surface area (Å²) < 4.78 is 26.7. The van der Waals surface area contributed by atoms with Crippen LogP contribution in [0, 0.1) is 0 Å². The topological polar surface area (TPSA) is 86.8 Å². The van der Waals surface area contributed by atoms with E-state index in [4.69, 9.17) is 0 Å². The number of carbonyl (C=O) groups is 2. The molecular weight excluding hydrogens is 366 g/mol. The third-order valence-corrected chi connectivity index (χ3v) is 6.53. The fraction of sp³-hybridized carbons (Fsp3) is 0.263. The van der Waals surface area contributed by atoms with Gasteiger partial charge in [0.05, 0.1) is 16.3 Å². The number of rotatable bonds is 4. The van der Waals surface area contributed by atoms with Gasteiger partial charge in [-0.3, -0.25) is 14.5 Å². The predicted molar refractivity (Wildman–Crippen MR) is 103 cm³/mol. The van der Waals surface area contributed by atoms with Crippen LogP contribution in [0.3, 0.4) is 0 Å². The largest absolute Gasteiger partial charge is 0.323 e. The second-order valence-electron chi connectivity index (χ2n) is 6.60. The normalized spacial score (nSPS) is 14.3. The molecule has 0 atom stereocenters. The molecule has 142 valence electrons. The lowest BCUT2D eigenvalue weighted by molar-refractivity contribution is -0.115. The first-order valence-corrected chi connectivity index (χ1v) is 9.94. The van der Waals surface area contributed by atoms with Gasteiger partial charge in [-0.2, -0.15) is 4.31 Å². The number of sulfonamides is 1. The summed E-state index contributed by atoms with van der Waals surface area (Å²) in [4.78, 5) is 26.4. The Morgan fingerprint density at radius 1 is 1.15 bits per heavy atom. The molecule has 3 rings (SSSR count). The Morgan fingerprint density at radius 2 is 1.85 bits per heavy atom. The number of nitrogens with one attached hydrogen (secondary N) is 1. The molecule has 1 aliphatic heterocycles. The Balaban J connectivity index is 1.99. The van der Waals surface area contributed by atoms with Crippen molar-refractivity contribution in [1.82, 2.24) is 4.31 Å². The lowest BCUT2D eigenvalue weighted by Crippen LogP contribution is -2.42. The van der Waals surface area contributed by atoms with Crippen molar-refractivity contribution in [2.24, 2.45) is 0 Å². The maximum atomic E-state index is 13.0. The number of anilines is 2. The van der Waals surface area contributed by atoms with Crippen molar-refractivity contribution in [2.45, 2.75) is 24.8 Å². The zero-order valence-electron chi connectivity index (χ0n) is 15.3. The van der Waals surface area contributed by atoms with Gasteiger partial charge in [0.25, 0.3) is 5.91 Å². The number of nitrogens with zero attached hydrogens (tertiary/aromatic N) is 2. The van der Waals surface area contributed by atoms with Crippen LogP contribution < -0.4 is 10.2 Å². The van der Waals surface area contributed by atoms with Crippen LogP contribution in [0.1, 0.15) is 24.2 Å². The summed E-state index contributed by atoms with van der Waals surface area (Å²) in [6.07, 6.45) is 0. The second kappa shape index (κ2) is 7.13. The first-order chi connectivity index (χ1) is 12.7. The van der Waals surface area contributed by atoms with E-state index >= 15 is 0 Å². The van der Waals surface area contributed by atoms with Crippen molar-refractivity contribution >= 4 is 33.2 Å². The number of fused-ring (bicyclic) bond motifs is 1. The van der Waals surface area contributed by atoms with Gasteiger partial charge < -0.3 is 5.32 Å². The van der Waals surface area contributed by atoms with E-state index in [2.05, 4.69) is 5.32 Å². The highest BCUT2D eigenvalue weighted by atomic mass is 32.2. The van der Waals surface area contributed by atoms with Gasteiger partial charge in [0.1, 0.15) is 6.54 Å². The molecule has 2 amide bonds. The van der Waals surface area contributed by atoms with Gasteiger partial charge in [-0.1, -0.05) is 18.2 Å². The third kappa shape index (κ3) is 3.58. The first kappa shape index (κ1) is 19.1. The van der Waals surface area contributed by atoms with E-state index < -0.39 is 15.9 Å². The van der Waals surface area contributed by atoms with E-state index in [1.54, 1.807) is 44.2 Å². The fourth-order valence-electron chi connectivity index (χ4n) is 2.80. The van der Waals surface area contributed by atoms with Gasteiger partial charge in [0, 0.05) is 18.7 Å². The first-order valence-electron chi connectivity index (χ1n) is 8.50. The van der Waals surface area contributed by atoms with Gasteiger partial charge in [0.2, 0.25) is 15.9 Å². The number of para-hydroxylation sites is 2. The van der Waals surface area contributed by atoms with Crippen LogP contribution in [-0.2, 0) is 14.8 Å². The standard InChI is InChI=1S/C19H21N3O4S/c1-13(2)21(3)27(25,26)15-8-6-7-14(11-15)19(24)22-12-18(23)20-16-9-4-5-10-17(16)22/h4-11,13H,12H2,1-3H3,(H,20,23). The van der Waals surface area contributed by atoms with Crippen LogP contribution in [0.4, 0.5) is 11.4 Å². The third-order valence-electron chi connectivity index (χ3n) is 4.50. The minimum absolute atomic E-state index is 0.0410. The van der Waals surface area contributed by atoms with Crippen LogP contribution in [-0.4, -0.2) is 44.2 Å². The second-order valence-corrected chi connectivity index (χ2v) is 8.60. The highest BCUT2D eigenvalue weighted by molar-refractivity contribution is 7.89. The molecule has 1 heterocycles. The van der Waals surface area contributed by atoms with Gasteiger partial charge in [-0.05, 0) is 44.2 Å². The summed E-state index contributed by atoms with van der Waals surface area (Å²) in [7, 11) is -2.21. The summed E-state index contributed by atoms with van der Waals surface area (Å²) in [5.41, 5.74) is 1.33. The number of amides is 2. The Kier molecular flexibility index (Phi) is 5.03. The van der Waals surface area contributed by atoms with Crippen molar-refractivity contribution in [2.75, 3.05) is 23.8 Å². The van der Waals surface area contributed by atoms with E-state index in [-0.39, 0.29) is 29.0 Å². The van der Waals surface area contributed by atoms with Gasteiger partial charge in [-0.15, -0.1) is 0 Å². The molecule has 0 aliphatic carbocycles. The van der Waals surface area contributed by atoms with Crippen LogP contribution in [0.2, 0.25) is 0 Å². The molecule has 2 aromatic carbocycles. The zero-order valence-corrected chi connectivity index (χ0v) is 16.2. The average Bonchev–Trinajstić information content (AvgIpc) is 2.66. The van der Waals surface area contributed by atoms with Gasteiger partial charge >= 0.3 is 0 Å². The molecule has 8 heteroatoms. The quantitative estimate of drug-likeness (QED) is 0.872. The van der Waals surface area contributed by atoms with E-state index in [0.717, 1.165) is 0 Å². The lowest BCUT2D eigenvalue weighted by atomic mass is 10.1. The van der Waals surface area contributed by atoms with E-state index in [1.165, 1.54) is 34.5 Å². The highest BCUT2D eigenvalue weighted by Crippen LogP contribution is 2.30. The number of carbonyl (C=O) groups excluding carboxylic acids is 2. The van der Waals surface area contributed by atoms with Gasteiger partial charge in [0.15, 0.2) is 0 Å². The number of hydrogen-bond acceptors (Lipinski definition) is 4. The molecular formula is C19H21N3O4S. The molecule has 0 saturated carbocycles. The van der Waals surface area contributed by atoms with E-state index in [9.17, 15) is 18.0 Å². The summed E-state index contributed by atoms with van der Waals surface area (Å²) >= 11 is 0. The molecule has 0 aromatic heterocycles. The van der Waals surface area contributed by atoms with Crippen molar-refractivity contribution in [1.29, 1.82) is 0 Å². The van der Waals surface area contributed by atoms with Crippen LogP contribution in [0.5, 0.6) is 0 Å². The van der Waals surface area contributed by atoms with Crippen molar-refractivity contribution in [3.05, 3.63) is 54.1 Å². The summed E-state index contributed by atoms with van der Waals surface area (Å²) in [5.74, 6) is -0.730. The summed E-state index contributed by atoms with van der Waals surface area (Å²) in [5, 5.41) is 2.72. The minimum atomic E-state index is -3.71. The van der Waals surface area contributed by atoms with Crippen LogP contribution in [0.25, 0.3) is 0 Å². The predicted octanol–water partition coefficient (Wildman–Crippen LogP) is 2.31. The van der Waals surface area contributed by atoms with Gasteiger partial charge in [-0.25, -0.2) is 8.42 Å². The van der Waals surface area contributed by atoms with E-state index in [1.807, 2.05) is 0 Å². The smallest absolute Gasteiger partial charge is 0.258 e. The minimum Gasteiger partial charge on any atom is -0.323 e. The van der Waals surface area contributed by atoms with E-state index in [0.29, 0.717) is 11.4 Å². The Labute approximate surface area is 158 Å². The molecule has 2 aromatic rings. The molecule has 1 N–H and O–H groups in total. The Hall–Kier alpha value is -2.71. The van der Waals surface area contributed by atoms with Crippen molar-refractivity contribution < 1.29 is 18.0 Å².